The van der Waals surface area contributed by atoms with Gasteiger partial charge in [0.15, 0.2) is 0 Å². The van der Waals surface area contributed by atoms with Crippen molar-refractivity contribution in [3.63, 3.8) is 0 Å². The van der Waals surface area contributed by atoms with Crippen LogP contribution in [-0.4, -0.2) is 23.1 Å². The highest BCUT2D eigenvalue weighted by Gasteiger charge is 2.50. The molecule has 1 saturated heterocycles. The molecule has 2 aliphatic rings. The lowest BCUT2D eigenvalue weighted by atomic mass is 9.69. The lowest BCUT2D eigenvalue weighted by Crippen LogP contribution is -2.61. The lowest BCUT2D eigenvalue weighted by molar-refractivity contribution is -0.233. The van der Waals surface area contributed by atoms with Crippen molar-refractivity contribution >= 4 is 16.8 Å². The minimum Gasteiger partial charge on any atom is -0.355 e. The van der Waals surface area contributed by atoms with Crippen LogP contribution in [0.25, 0.3) is 16.8 Å². The molecule has 2 fully saturated rings. The van der Waals surface area contributed by atoms with E-state index in [-0.39, 0.29) is 11.8 Å². The predicted molar refractivity (Wildman–Crippen MR) is 134 cm³/mol. The van der Waals surface area contributed by atoms with Crippen molar-refractivity contribution in [2.24, 2.45) is 11.8 Å². The molecule has 1 aliphatic heterocycles. The summed E-state index contributed by atoms with van der Waals surface area (Å²) in [7, 11) is 0. The Morgan fingerprint density at radius 2 is 1.69 bits per heavy atom. The molecule has 0 unspecified atom stereocenters. The molecule has 3 aromatic rings. The van der Waals surface area contributed by atoms with Crippen molar-refractivity contribution < 1.29 is 4.74 Å². The van der Waals surface area contributed by atoms with E-state index in [0.717, 1.165) is 12.5 Å². The summed E-state index contributed by atoms with van der Waals surface area (Å²) in [5, 5.41) is 2.58. The molecule has 2 nitrogen and oxygen atoms in total. The molecular weight excluding hydrogens is 390 g/mol. The van der Waals surface area contributed by atoms with Gasteiger partial charge in [-0.1, -0.05) is 98.3 Å². The van der Waals surface area contributed by atoms with E-state index in [4.69, 9.17) is 4.74 Å². The van der Waals surface area contributed by atoms with Crippen LogP contribution in [0.4, 0.5) is 0 Å². The number of rotatable bonds is 4. The van der Waals surface area contributed by atoms with E-state index >= 15 is 0 Å². The zero-order valence-electron chi connectivity index (χ0n) is 19.6. The Bertz CT molecular complexity index is 1080. The lowest BCUT2D eigenvalue weighted by Gasteiger charge is -2.57. The zero-order chi connectivity index (χ0) is 22.1. The van der Waals surface area contributed by atoms with Crippen LogP contribution in [0, 0.1) is 11.8 Å². The van der Waals surface area contributed by atoms with Crippen LogP contribution in [0.3, 0.4) is 0 Å². The number of fused-ring (bicyclic) bond motifs is 2. The maximum absolute atomic E-state index is 7.00. The predicted octanol–water partition coefficient (Wildman–Crippen LogP) is 7.47. The Balaban J connectivity index is 1.53. The van der Waals surface area contributed by atoms with Gasteiger partial charge in [-0.2, -0.15) is 0 Å². The van der Waals surface area contributed by atoms with Gasteiger partial charge < -0.3 is 4.74 Å². The van der Waals surface area contributed by atoms with Crippen molar-refractivity contribution in [2.45, 2.75) is 57.9 Å². The van der Waals surface area contributed by atoms with Gasteiger partial charge in [-0.15, -0.1) is 0 Å². The number of benzene rings is 3. The summed E-state index contributed by atoms with van der Waals surface area (Å²) in [5.74, 6) is 1.31. The number of hydrogen-bond donors (Lipinski definition) is 0. The van der Waals surface area contributed by atoms with Crippen LogP contribution in [-0.2, 0) is 4.74 Å². The molecule has 0 aromatic heterocycles. The number of nitrogens with zero attached hydrogens (tertiary/aromatic N) is 1. The third kappa shape index (κ3) is 4.02. The van der Waals surface area contributed by atoms with Crippen molar-refractivity contribution in [3.8, 4) is 0 Å². The highest BCUT2D eigenvalue weighted by Crippen LogP contribution is 2.49. The fourth-order valence-electron chi connectivity index (χ4n) is 5.95. The second-order valence-corrected chi connectivity index (χ2v) is 10.2. The van der Waals surface area contributed by atoms with Gasteiger partial charge in [0.1, 0.15) is 6.23 Å². The topological polar surface area (TPSA) is 12.5 Å². The Hall–Kier alpha value is -2.42. The normalized spacial score (nSPS) is 28.1. The molecule has 1 saturated carbocycles. The smallest absolute Gasteiger partial charge is 0.138 e. The first kappa shape index (κ1) is 21.4. The van der Waals surface area contributed by atoms with E-state index in [9.17, 15) is 0 Å². The number of hydrogen-bond acceptors (Lipinski definition) is 2. The van der Waals surface area contributed by atoms with Crippen LogP contribution in [0.2, 0.25) is 0 Å². The molecule has 1 heterocycles. The molecule has 32 heavy (non-hydrogen) atoms. The highest BCUT2D eigenvalue weighted by atomic mass is 16.5. The zero-order valence-corrected chi connectivity index (χ0v) is 19.6. The van der Waals surface area contributed by atoms with Gasteiger partial charge in [-0.25, -0.2) is 0 Å². The summed E-state index contributed by atoms with van der Waals surface area (Å²) >= 11 is 0. The molecule has 2 heteroatoms. The molecule has 0 radical (unpaired) electrons. The largest absolute Gasteiger partial charge is 0.355 e. The Morgan fingerprint density at radius 1 is 0.938 bits per heavy atom. The summed E-state index contributed by atoms with van der Waals surface area (Å²) < 4.78 is 7.00. The Kier molecular flexibility index (Phi) is 5.92. The van der Waals surface area contributed by atoms with Crippen molar-refractivity contribution in [3.05, 3.63) is 90.0 Å². The van der Waals surface area contributed by atoms with Crippen molar-refractivity contribution in [1.29, 1.82) is 0 Å². The fraction of sp³-hybridized carbons (Fsp3) is 0.400. The molecule has 166 valence electrons. The van der Waals surface area contributed by atoms with Gasteiger partial charge in [0.05, 0.1) is 6.10 Å². The quantitative estimate of drug-likeness (QED) is 0.430. The maximum Gasteiger partial charge on any atom is 0.138 e. The molecule has 0 N–H and O–H groups in total. The van der Waals surface area contributed by atoms with Crippen molar-refractivity contribution in [1.82, 2.24) is 4.90 Å². The Labute approximate surface area is 192 Å². The number of ether oxygens (including phenoxy) is 1. The van der Waals surface area contributed by atoms with E-state index in [0.29, 0.717) is 12.0 Å². The molecule has 1 aliphatic carbocycles. The van der Waals surface area contributed by atoms with Crippen LogP contribution in [0.15, 0.2) is 78.9 Å². The third-order valence-corrected chi connectivity index (χ3v) is 7.79. The molecule has 0 bridgehead atoms. The third-order valence-electron chi connectivity index (χ3n) is 7.79. The van der Waals surface area contributed by atoms with Gasteiger partial charge in [-0.05, 0) is 48.9 Å². The van der Waals surface area contributed by atoms with Crippen LogP contribution in [0.5, 0.6) is 0 Å². The van der Waals surface area contributed by atoms with E-state index in [1.165, 1.54) is 41.2 Å². The first-order chi connectivity index (χ1) is 15.5. The van der Waals surface area contributed by atoms with Crippen molar-refractivity contribution in [2.75, 3.05) is 6.54 Å². The first-order valence-electron chi connectivity index (χ1n) is 12.2. The second-order valence-electron chi connectivity index (χ2n) is 10.2. The first-order valence-corrected chi connectivity index (χ1v) is 12.2. The summed E-state index contributed by atoms with van der Waals surface area (Å²) in [4.78, 5) is 2.60. The summed E-state index contributed by atoms with van der Waals surface area (Å²) in [6.07, 6.45) is 8.56. The standard InChI is InChI=1S/C30H35NO/c1-22-18-19-27-28(21-22)32-29(26-17-9-15-24-14-7-8-16-25(24)26)31(30(27,2)3)20-10-13-23-11-5-4-6-12-23/h4-17,22,27-29H,18-21H2,1-3H3/b13-10+/t22-,27-,28-,29+/m1/s1. The molecule has 0 amide bonds. The van der Waals surface area contributed by atoms with Gasteiger partial charge in [-0.3, -0.25) is 4.90 Å². The maximum atomic E-state index is 7.00. The Morgan fingerprint density at radius 3 is 2.53 bits per heavy atom. The molecular formula is C30H35NO. The highest BCUT2D eigenvalue weighted by molar-refractivity contribution is 5.86. The van der Waals surface area contributed by atoms with Gasteiger partial charge >= 0.3 is 0 Å². The van der Waals surface area contributed by atoms with Crippen LogP contribution in [0.1, 0.15) is 57.4 Å². The fourth-order valence-corrected chi connectivity index (χ4v) is 5.95. The summed E-state index contributed by atoms with van der Waals surface area (Å²) in [6, 6.07) is 26.0. The molecule has 3 aromatic carbocycles. The van der Waals surface area contributed by atoms with E-state index in [1.807, 2.05) is 0 Å². The SMILES string of the molecule is C[C@@H]1CC[C@@H]2[C@@H](C1)O[C@@H](c1cccc3ccccc13)N(C/C=C/c1ccccc1)C2(C)C. The van der Waals surface area contributed by atoms with E-state index in [2.05, 4.69) is 111 Å². The monoisotopic (exact) mass is 425 g/mol. The minimum atomic E-state index is -0.0388. The van der Waals surface area contributed by atoms with Gasteiger partial charge in [0.2, 0.25) is 0 Å². The average molecular weight is 426 g/mol. The van der Waals surface area contributed by atoms with Gasteiger partial charge in [0.25, 0.3) is 0 Å². The summed E-state index contributed by atoms with van der Waals surface area (Å²) in [6.45, 7) is 8.14. The minimum absolute atomic E-state index is 0.0388. The average Bonchev–Trinajstić information content (AvgIpc) is 2.80. The second kappa shape index (κ2) is 8.84. The van der Waals surface area contributed by atoms with Gasteiger partial charge in [0, 0.05) is 23.6 Å². The molecule has 0 spiro atoms. The summed E-state index contributed by atoms with van der Waals surface area (Å²) in [5.41, 5.74) is 2.60. The van der Waals surface area contributed by atoms with E-state index in [1.54, 1.807) is 0 Å². The molecule has 5 rings (SSSR count). The van der Waals surface area contributed by atoms with Crippen LogP contribution < -0.4 is 0 Å². The molecule has 4 atom stereocenters. The van der Waals surface area contributed by atoms with Crippen LogP contribution >= 0.6 is 0 Å². The van der Waals surface area contributed by atoms with E-state index < -0.39 is 0 Å².